The van der Waals surface area contributed by atoms with Crippen molar-refractivity contribution < 1.29 is 21.6 Å². The minimum absolute atomic E-state index is 0.0237. The molecule has 0 fully saturated rings. The lowest BCUT2D eigenvalue weighted by molar-refractivity contribution is 0.510. The van der Waals surface area contributed by atoms with Crippen LogP contribution in [-0.4, -0.2) is 39.9 Å². The summed E-state index contributed by atoms with van der Waals surface area (Å²) in [5.41, 5.74) is 1.29. The average Bonchev–Trinajstić information content (AvgIpc) is 3.34. The molecule has 0 unspecified atom stereocenters. The summed E-state index contributed by atoms with van der Waals surface area (Å²) in [6.45, 7) is 7.57. The van der Waals surface area contributed by atoms with Crippen molar-refractivity contribution in [1.82, 2.24) is 18.7 Å². The summed E-state index contributed by atoms with van der Waals surface area (Å²) in [6, 6.07) is 12.0. The van der Waals surface area contributed by atoms with E-state index < -0.39 is 33.0 Å². The summed E-state index contributed by atoms with van der Waals surface area (Å²) >= 11 is 0. The molecule has 200 valence electrons. The normalized spacial score (nSPS) is 11.9. The Balaban J connectivity index is 1.62. The molecule has 0 atom stereocenters. The van der Waals surface area contributed by atoms with Crippen LogP contribution in [-0.2, 0) is 29.5 Å². The maximum absolute atomic E-state index is 14.3. The predicted molar refractivity (Wildman–Crippen MR) is 140 cm³/mol. The van der Waals surface area contributed by atoms with Crippen LogP contribution >= 0.6 is 0 Å². The lowest BCUT2D eigenvalue weighted by atomic mass is 10.2. The van der Waals surface area contributed by atoms with Gasteiger partial charge in [-0.3, -0.25) is 9.13 Å². The lowest BCUT2D eigenvalue weighted by Gasteiger charge is -2.09. The molecule has 2 heterocycles. The number of hydrogen-bond donors (Lipinski definition) is 0. The fourth-order valence-corrected chi connectivity index (χ4v) is 5.24. The van der Waals surface area contributed by atoms with Crippen molar-refractivity contribution in [3.8, 4) is 0 Å². The smallest absolute Gasteiger partial charge is 0.326 e. The maximum atomic E-state index is 14.3. The number of halogens is 3. The van der Waals surface area contributed by atoms with Crippen LogP contribution in [0.4, 0.5) is 13.2 Å². The van der Waals surface area contributed by atoms with Gasteiger partial charge in [0.15, 0.2) is 21.5 Å². The number of sulfone groups is 1. The van der Waals surface area contributed by atoms with Gasteiger partial charge in [0.2, 0.25) is 6.54 Å². The standard InChI is InChI=1S/C27H22F3N5O3S/c1-31-10-3-11-33-23-9-6-18(28)12-22(23)32-26(33)16-35-25-14-21(30)20(29)13-24(25)34(27(35)36)15-17-4-7-19(8-5-17)39(2,37)38/h4-9,12-14H,3,10-11,15-16H2,2H3. The molecular weight excluding hydrogens is 531 g/mol. The highest BCUT2D eigenvalue weighted by molar-refractivity contribution is 7.90. The van der Waals surface area contributed by atoms with E-state index in [2.05, 4.69) is 9.83 Å². The first-order valence-corrected chi connectivity index (χ1v) is 13.8. The first-order valence-electron chi connectivity index (χ1n) is 11.9. The number of benzene rings is 3. The van der Waals surface area contributed by atoms with E-state index in [4.69, 9.17) is 6.57 Å². The van der Waals surface area contributed by atoms with Crippen molar-refractivity contribution in [2.24, 2.45) is 0 Å². The van der Waals surface area contributed by atoms with Crippen molar-refractivity contribution in [2.45, 2.75) is 31.0 Å². The number of aromatic nitrogens is 4. The van der Waals surface area contributed by atoms with Crippen LogP contribution in [0.3, 0.4) is 0 Å². The molecule has 5 rings (SSSR count). The summed E-state index contributed by atoms with van der Waals surface area (Å²) in [6.07, 6.45) is 1.58. The topological polar surface area (TPSA) is 83.2 Å². The van der Waals surface area contributed by atoms with E-state index in [1.807, 2.05) is 0 Å². The van der Waals surface area contributed by atoms with Crippen LogP contribution < -0.4 is 5.69 Å². The van der Waals surface area contributed by atoms with E-state index in [-0.39, 0.29) is 35.6 Å². The maximum Gasteiger partial charge on any atom is 0.329 e. The Labute approximate surface area is 221 Å². The zero-order valence-corrected chi connectivity index (χ0v) is 21.6. The molecule has 8 nitrogen and oxygen atoms in total. The molecule has 0 aliphatic rings. The van der Waals surface area contributed by atoms with Gasteiger partial charge in [0.1, 0.15) is 11.6 Å². The average molecular weight is 554 g/mol. The minimum Gasteiger partial charge on any atom is -0.326 e. The SMILES string of the molecule is [C-]#[N+]CCCn1c(Cn2c(=O)n(Cc3ccc(S(C)(=O)=O)cc3)c3cc(F)c(F)cc32)nc2cc(F)ccc21. The summed E-state index contributed by atoms with van der Waals surface area (Å²) < 4.78 is 70.5. The van der Waals surface area contributed by atoms with Crippen molar-refractivity contribution in [3.05, 3.63) is 105 Å². The molecule has 2 aromatic heterocycles. The third-order valence-electron chi connectivity index (χ3n) is 6.49. The third kappa shape index (κ3) is 5.05. The van der Waals surface area contributed by atoms with Gasteiger partial charge in [-0.2, -0.15) is 0 Å². The zero-order chi connectivity index (χ0) is 27.9. The van der Waals surface area contributed by atoms with E-state index in [1.54, 1.807) is 22.8 Å². The van der Waals surface area contributed by atoms with Gasteiger partial charge in [-0.15, -0.1) is 0 Å². The molecule has 0 amide bonds. The fourth-order valence-electron chi connectivity index (χ4n) is 4.61. The van der Waals surface area contributed by atoms with Crippen LogP contribution in [0.15, 0.2) is 64.3 Å². The number of hydrogen-bond acceptors (Lipinski definition) is 4. The van der Waals surface area contributed by atoms with Crippen molar-refractivity contribution in [3.63, 3.8) is 0 Å². The lowest BCUT2D eigenvalue weighted by Crippen LogP contribution is -2.26. The van der Waals surface area contributed by atoms with Gasteiger partial charge in [-0.25, -0.2) is 37.9 Å². The van der Waals surface area contributed by atoms with E-state index >= 15 is 0 Å². The summed E-state index contributed by atoms with van der Waals surface area (Å²) in [4.78, 5) is 21.6. The largest absolute Gasteiger partial charge is 0.329 e. The Morgan fingerprint density at radius 2 is 1.51 bits per heavy atom. The Morgan fingerprint density at radius 1 is 0.872 bits per heavy atom. The Morgan fingerprint density at radius 3 is 2.13 bits per heavy atom. The molecule has 3 aromatic carbocycles. The molecule has 12 heteroatoms. The molecule has 0 aliphatic heterocycles. The van der Waals surface area contributed by atoms with Gasteiger partial charge in [0, 0.05) is 37.4 Å². The summed E-state index contributed by atoms with van der Waals surface area (Å²) in [7, 11) is -3.42. The number of rotatable bonds is 8. The molecule has 0 bridgehead atoms. The molecule has 5 aromatic rings. The van der Waals surface area contributed by atoms with Gasteiger partial charge >= 0.3 is 5.69 Å². The Kier molecular flexibility index (Phi) is 6.78. The molecule has 0 radical (unpaired) electrons. The molecule has 0 saturated carbocycles. The second kappa shape index (κ2) is 10.1. The van der Waals surface area contributed by atoms with Crippen LogP contribution in [0, 0.1) is 24.0 Å². The quantitative estimate of drug-likeness (QED) is 0.211. The van der Waals surface area contributed by atoms with Crippen molar-refractivity contribution >= 4 is 31.9 Å². The van der Waals surface area contributed by atoms with E-state index in [0.717, 1.165) is 18.4 Å². The number of fused-ring (bicyclic) bond motifs is 2. The first-order chi connectivity index (χ1) is 18.6. The first kappa shape index (κ1) is 26.2. The number of aryl methyl sites for hydroxylation is 1. The van der Waals surface area contributed by atoms with Crippen molar-refractivity contribution in [1.29, 1.82) is 0 Å². The summed E-state index contributed by atoms with van der Waals surface area (Å²) in [5.74, 6) is -2.33. The van der Waals surface area contributed by atoms with Crippen LogP contribution in [0.1, 0.15) is 17.8 Å². The molecular formula is C27H22F3N5O3S. The predicted octanol–water partition coefficient (Wildman–Crippen LogP) is 4.38. The monoisotopic (exact) mass is 553 g/mol. The van der Waals surface area contributed by atoms with Gasteiger partial charge in [-0.05, 0) is 29.8 Å². The van der Waals surface area contributed by atoms with E-state index in [0.29, 0.717) is 35.4 Å². The van der Waals surface area contributed by atoms with Crippen LogP contribution in [0.25, 0.3) is 26.9 Å². The molecule has 0 N–H and O–H groups in total. The highest BCUT2D eigenvalue weighted by atomic mass is 32.2. The highest BCUT2D eigenvalue weighted by Gasteiger charge is 2.20. The van der Waals surface area contributed by atoms with Gasteiger partial charge < -0.3 is 9.41 Å². The third-order valence-corrected chi connectivity index (χ3v) is 7.62. The Bertz CT molecular complexity index is 1930. The van der Waals surface area contributed by atoms with Gasteiger partial charge in [0.05, 0.1) is 40.1 Å². The number of nitrogens with zero attached hydrogens (tertiary/aromatic N) is 5. The van der Waals surface area contributed by atoms with Crippen LogP contribution in [0.5, 0.6) is 0 Å². The molecule has 0 saturated heterocycles. The second-order valence-corrected chi connectivity index (χ2v) is 11.2. The number of imidazole rings is 2. The molecule has 39 heavy (non-hydrogen) atoms. The highest BCUT2D eigenvalue weighted by Crippen LogP contribution is 2.23. The van der Waals surface area contributed by atoms with Gasteiger partial charge in [-0.1, -0.05) is 12.1 Å². The fraction of sp³-hybridized carbons (Fsp3) is 0.222. The van der Waals surface area contributed by atoms with E-state index in [1.165, 1.54) is 33.4 Å². The van der Waals surface area contributed by atoms with Gasteiger partial charge in [0.25, 0.3) is 0 Å². The molecule has 0 spiro atoms. The van der Waals surface area contributed by atoms with Crippen molar-refractivity contribution in [2.75, 3.05) is 12.8 Å². The zero-order valence-electron chi connectivity index (χ0n) is 20.7. The Hall–Kier alpha value is -4.37. The summed E-state index contributed by atoms with van der Waals surface area (Å²) in [5, 5.41) is 0. The minimum atomic E-state index is -3.42. The van der Waals surface area contributed by atoms with E-state index in [9.17, 15) is 26.4 Å². The second-order valence-electron chi connectivity index (χ2n) is 9.17. The molecule has 0 aliphatic carbocycles. The van der Waals surface area contributed by atoms with Crippen LogP contribution in [0.2, 0.25) is 0 Å².